The maximum Gasteiger partial charge on any atom is 0.249 e. The van der Waals surface area contributed by atoms with Gasteiger partial charge in [-0.2, -0.15) is 4.37 Å². The number of sulfonamides is 1. The minimum absolute atomic E-state index is 0.0810. The molecule has 0 saturated heterocycles. The smallest absolute Gasteiger partial charge is 0.249 e. The molecule has 120 valence electrons. The molecular formula is C13H24N4O2S2. The average molecular weight is 332 g/mol. The molecule has 1 aromatic heterocycles. The van der Waals surface area contributed by atoms with E-state index in [4.69, 9.17) is 5.73 Å². The van der Waals surface area contributed by atoms with Gasteiger partial charge in [-0.3, -0.25) is 0 Å². The van der Waals surface area contributed by atoms with Gasteiger partial charge in [-0.15, -0.1) is 0 Å². The Balaban J connectivity index is 2.29. The van der Waals surface area contributed by atoms with Gasteiger partial charge >= 0.3 is 0 Å². The quantitative estimate of drug-likeness (QED) is 0.826. The lowest BCUT2D eigenvalue weighted by molar-refractivity contribution is 0.456. The van der Waals surface area contributed by atoms with Gasteiger partial charge in [0.25, 0.3) is 0 Å². The van der Waals surface area contributed by atoms with Crippen molar-refractivity contribution in [3.05, 3.63) is 0 Å². The number of nitrogens with two attached hydrogens (primary N) is 1. The predicted molar refractivity (Wildman–Crippen MR) is 87.1 cm³/mol. The van der Waals surface area contributed by atoms with Crippen LogP contribution in [0.5, 0.6) is 0 Å². The molecule has 1 aromatic rings. The van der Waals surface area contributed by atoms with Crippen LogP contribution in [0.3, 0.4) is 0 Å². The van der Waals surface area contributed by atoms with Crippen LogP contribution in [-0.2, 0) is 10.0 Å². The lowest BCUT2D eigenvalue weighted by Crippen LogP contribution is -2.28. The van der Waals surface area contributed by atoms with Crippen molar-refractivity contribution in [3.8, 4) is 0 Å². The molecule has 0 bridgehead atoms. The summed E-state index contributed by atoms with van der Waals surface area (Å²) in [6.45, 7) is 2.22. The Bertz CT molecular complexity index is 583. The van der Waals surface area contributed by atoms with Crippen LogP contribution in [0.1, 0.15) is 39.0 Å². The van der Waals surface area contributed by atoms with Gasteiger partial charge in [0.2, 0.25) is 10.0 Å². The first-order valence-electron chi connectivity index (χ1n) is 7.28. The average Bonchev–Trinajstić information content (AvgIpc) is 2.65. The molecule has 21 heavy (non-hydrogen) atoms. The fourth-order valence-electron chi connectivity index (χ4n) is 2.69. The molecule has 1 fully saturated rings. The van der Waals surface area contributed by atoms with Crippen molar-refractivity contribution in [2.24, 2.45) is 5.92 Å². The van der Waals surface area contributed by atoms with Crippen molar-refractivity contribution in [2.75, 3.05) is 25.1 Å². The molecular weight excluding hydrogens is 308 g/mol. The second-order valence-corrected chi connectivity index (χ2v) is 8.74. The number of anilines is 2. The van der Waals surface area contributed by atoms with Gasteiger partial charge in [-0.25, -0.2) is 12.7 Å². The molecule has 0 aliphatic heterocycles. The van der Waals surface area contributed by atoms with E-state index < -0.39 is 10.0 Å². The first kappa shape index (κ1) is 16.5. The lowest BCUT2D eigenvalue weighted by Gasteiger charge is -2.24. The second-order valence-electron chi connectivity index (χ2n) is 5.88. The topological polar surface area (TPSA) is 88.3 Å². The van der Waals surface area contributed by atoms with E-state index in [-0.39, 0.29) is 16.8 Å². The highest BCUT2D eigenvalue weighted by atomic mass is 32.2. The fraction of sp³-hybridized carbons (Fsp3) is 0.769. The minimum Gasteiger partial charge on any atom is -0.382 e. The van der Waals surface area contributed by atoms with Crippen molar-refractivity contribution >= 4 is 32.4 Å². The highest BCUT2D eigenvalue weighted by Crippen LogP contribution is 2.35. The Hall–Kier alpha value is -0.860. The van der Waals surface area contributed by atoms with Gasteiger partial charge in [0.05, 0.1) is 0 Å². The molecule has 6 nitrogen and oxygen atoms in total. The number of aromatic nitrogens is 1. The highest BCUT2D eigenvalue weighted by molar-refractivity contribution is 7.89. The van der Waals surface area contributed by atoms with Crippen molar-refractivity contribution in [3.63, 3.8) is 0 Å². The van der Waals surface area contributed by atoms with E-state index in [1.54, 1.807) is 0 Å². The summed E-state index contributed by atoms with van der Waals surface area (Å²) in [5, 5.41) is 3.96. The monoisotopic (exact) mass is 332 g/mol. The standard InChI is InChI=1S/C13H24N4O2S2/c1-9-7-5-4-6-8-10(9)15-13-11(12(14)16-20-13)21(18,19)17(2)3/h9-10,15H,4-8H2,1-3H3,(H2,14,16). The van der Waals surface area contributed by atoms with Crippen molar-refractivity contribution in [1.29, 1.82) is 0 Å². The van der Waals surface area contributed by atoms with Crippen LogP contribution in [0, 0.1) is 5.92 Å². The molecule has 8 heteroatoms. The number of rotatable bonds is 4. The van der Waals surface area contributed by atoms with Gasteiger partial charge < -0.3 is 11.1 Å². The SMILES string of the molecule is CC1CCCCCC1Nc1snc(N)c1S(=O)(=O)N(C)C. The third-order valence-electron chi connectivity index (χ3n) is 4.09. The summed E-state index contributed by atoms with van der Waals surface area (Å²) in [7, 11) is -0.570. The molecule has 0 spiro atoms. The third kappa shape index (κ3) is 3.49. The van der Waals surface area contributed by atoms with Crippen LogP contribution in [0.2, 0.25) is 0 Å². The van der Waals surface area contributed by atoms with Crippen molar-refractivity contribution in [1.82, 2.24) is 8.68 Å². The van der Waals surface area contributed by atoms with Gasteiger partial charge in [0, 0.05) is 20.1 Å². The Morgan fingerprint density at radius 1 is 1.29 bits per heavy atom. The lowest BCUT2D eigenvalue weighted by atomic mass is 9.97. The second kappa shape index (κ2) is 6.50. The highest BCUT2D eigenvalue weighted by Gasteiger charge is 2.30. The molecule has 0 amide bonds. The van der Waals surface area contributed by atoms with Crippen LogP contribution < -0.4 is 11.1 Å². The molecule has 0 aromatic carbocycles. The normalized spacial score (nSPS) is 24.0. The molecule has 1 heterocycles. The number of hydrogen-bond donors (Lipinski definition) is 2. The Labute approximate surface area is 130 Å². The number of nitrogen functional groups attached to an aromatic ring is 1. The van der Waals surface area contributed by atoms with E-state index in [2.05, 4.69) is 16.6 Å². The summed E-state index contributed by atoms with van der Waals surface area (Å²) in [6, 6.07) is 0.281. The minimum atomic E-state index is -3.58. The van der Waals surface area contributed by atoms with Crippen LogP contribution in [0.4, 0.5) is 10.8 Å². The molecule has 0 radical (unpaired) electrons. The zero-order chi connectivity index (χ0) is 15.6. The number of hydrogen-bond acceptors (Lipinski definition) is 6. The van der Waals surface area contributed by atoms with Crippen molar-refractivity contribution < 1.29 is 8.42 Å². The van der Waals surface area contributed by atoms with Crippen LogP contribution in [0.25, 0.3) is 0 Å². The number of nitrogens with one attached hydrogen (secondary N) is 1. The summed E-state index contributed by atoms with van der Waals surface area (Å²) in [6.07, 6.45) is 5.89. The van der Waals surface area contributed by atoms with Gasteiger partial charge in [0.1, 0.15) is 5.00 Å². The Morgan fingerprint density at radius 2 is 1.95 bits per heavy atom. The molecule has 2 unspecified atom stereocenters. The molecule has 3 N–H and O–H groups in total. The molecule has 1 aliphatic rings. The molecule has 1 saturated carbocycles. The van der Waals surface area contributed by atoms with Gasteiger partial charge in [0.15, 0.2) is 10.7 Å². The van der Waals surface area contributed by atoms with E-state index in [9.17, 15) is 8.42 Å². The van der Waals surface area contributed by atoms with E-state index in [0.29, 0.717) is 10.9 Å². The zero-order valence-corrected chi connectivity index (χ0v) is 14.4. The molecule has 2 atom stereocenters. The summed E-state index contributed by atoms with van der Waals surface area (Å²) >= 11 is 1.13. The summed E-state index contributed by atoms with van der Waals surface area (Å²) < 4.78 is 30.0. The molecule has 2 rings (SSSR count). The van der Waals surface area contributed by atoms with Gasteiger partial charge in [-0.1, -0.05) is 26.2 Å². The Kier molecular flexibility index (Phi) is 5.11. The summed E-state index contributed by atoms with van der Waals surface area (Å²) in [4.78, 5) is 0.119. The van der Waals surface area contributed by atoms with Crippen LogP contribution in [0.15, 0.2) is 4.90 Å². The maximum atomic E-state index is 12.4. The van der Waals surface area contributed by atoms with E-state index in [1.807, 2.05) is 0 Å². The first-order chi connectivity index (χ1) is 9.84. The summed E-state index contributed by atoms with van der Waals surface area (Å²) in [5.41, 5.74) is 5.79. The zero-order valence-electron chi connectivity index (χ0n) is 12.8. The largest absolute Gasteiger partial charge is 0.382 e. The van der Waals surface area contributed by atoms with E-state index >= 15 is 0 Å². The Morgan fingerprint density at radius 3 is 2.62 bits per heavy atom. The van der Waals surface area contributed by atoms with Crippen molar-refractivity contribution in [2.45, 2.75) is 50.0 Å². The first-order valence-corrected chi connectivity index (χ1v) is 9.49. The molecule has 1 aliphatic carbocycles. The maximum absolute atomic E-state index is 12.4. The van der Waals surface area contributed by atoms with Gasteiger partial charge in [-0.05, 0) is 30.3 Å². The van der Waals surface area contributed by atoms with E-state index in [0.717, 1.165) is 18.0 Å². The van der Waals surface area contributed by atoms with E-state index in [1.165, 1.54) is 44.1 Å². The predicted octanol–water partition coefficient (Wildman–Crippen LogP) is 2.36. The van der Waals surface area contributed by atoms with Crippen LogP contribution >= 0.6 is 11.5 Å². The summed E-state index contributed by atoms with van der Waals surface area (Å²) in [5.74, 6) is 0.600. The fourth-order valence-corrected chi connectivity index (χ4v) is 4.82. The van der Waals surface area contributed by atoms with Crippen LogP contribution in [-0.4, -0.2) is 37.2 Å². The number of nitrogens with zero attached hydrogens (tertiary/aromatic N) is 2. The third-order valence-corrected chi connectivity index (χ3v) is 6.90.